The van der Waals surface area contributed by atoms with Gasteiger partial charge in [0.1, 0.15) is 5.69 Å². The zero-order valence-corrected chi connectivity index (χ0v) is 14.7. The van der Waals surface area contributed by atoms with Gasteiger partial charge >= 0.3 is 0 Å². The number of hydrogen-bond acceptors (Lipinski definition) is 3. The Hall–Kier alpha value is -1.99. The van der Waals surface area contributed by atoms with Crippen LogP contribution in [-0.2, 0) is 0 Å². The summed E-state index contributed by atoms with van der Waals surface area (Å²) in [5.74, 6) is 0. The van der Waals surface area contributed by atoms with Gasteiger partial charge in [-0.05, 0) is 34.7 Å². The average molecular weight is 433 g/mol. The number of rotatable bonds is 2. The molecule has 0 aliphatic carbocycles. The highest BCUT2D eigenvalue weighted by Gasteiger charge is 2.17. The van der Waals surface area contributed by atoms with Gasteiger partial charge in [-0.1, -0.05) is 54.1 Å². The molecular weight excluding hydrogens is 423 g/mol. The summed E-state index contributed by atoms with van der Waals surface area (Å²) in [6.07, 6.45) is 0. The first-order valence-electron chi connectivity index (χ1n) is 6.95. The van der Waals surface area contributed by atoms with Crippen LogP contribution in [0.4, 0.5) is 0 Å². The van der Waals surface area contributed by atoms with Crippen LogP contribution in [0.15, 0.2) is 54.6 Å². The van der Waals surface area contributed by atoms with E-state index in [2.05, 4.69) is 43.0 Å². The molecule has 0 unspecified atom stereocenters. The minimum absolute atomic E-state index is 0.517. The van der Waals surface area contributed by atoms with Crippen molar-refractivity contribution in [3.63, 3.8) is 0 Å². The second kappa shape index (κ2) is 5.90. The fourth-order valence-electron chi connectivity index (χ4n) is 2.48. The van der Waals surface area contributed by atoms with Crippen molar-refractivity contribution in [1.82, 2.24) is 20.4 Å². The van der Waals surface area contributed by atoms with Crippen LogP contribution < -0.4 is 0 Å². The molecule has 2 aromatic carbocycles. The predicted molar refractivity (Wildman–Crippen MR) is 100 cm³/mol. The van der Waals surface area contributed by atoms with E-state index in [4.69, 9.17) is 11.6 Å². The van der Waals surface area contributed by atoms with Gasteiger partial charge in [0.15, 0.2) is 0 Å². The van der Waals surface area contributed by atoms with E-state index in [1.165, 1.54) is 3.57 Å². The quantitative estimate of drug-likeness (QED) is 0.456. The van der Waals surface area contributed by atoms with E-state index in [0.29, 0.717) is 16.4 Å². The van der Waals surface area contributed by atoms with Crippen LogP contribution in [0.5, 0.6) is 0 Å². The third-order valence-electron chi connectivity index (χ3n) is 3.60. The molecule has 23 heavy (non-hydrogen) atoms. The average Bonchev–Trinajstić information content (AvgIpc) is 3.02. The summed E-state index contributed by atoms with van der Waals surface area (Å²) in [6, 6.07) is 17.9. The van der Waals surface area contributed by atoms with Crippen molar-refractivity contribution in [1.29, 1.82) is 0 Å². The minimum atomic E-state index is 0.517. The summed E-state index contributed by atoms with van der Waals surface area (Å²) >= 11 is 8.92. The number of H-pyrrole nitrogens is 1. The fraction of sp³-hybridized carbons (Fsp3) is 0. The van der Waals surface area contributed by atoms with Crippen molar-refractivity contribution in [2.24, 2.45) is 0 Å². The van der Waals surface area contributed by atoms with Gasteiger partial charge < -0.3 is 0 Å². The Labute approximate surface area is 151 Å². The monoisotopic (exact) mass is 432 g/mol. The largest absolute Gasteiger partial charge is 0.275 e. The predicted octanol–water partition coefficient (Wildman–Crippen LogP) is 4.94. The van der Waals surface area contributed by atoms with E-state index in [1.807, 2.05) is 54.6 Å². The van der Waals surface area contributed by atoms with Crippen molar-refractivity contribution in [3.05, 3.63) is 63.2 Å². The maximum Gasteiger partial charge on any atom is 0.204 e. The lowest BCUT2D eigenvalue weighted by molar-refractivity contribution is 1.03. The Morgan fingerprint density at radius 1 is 0.870 bits per heavy atom. The highest BCUT2D eigenvalue weighted by atomic mass is 127. The minimum Gasteiger partial charge on any atom is -0.275 e. The Bertz CT molecular complexity index is 981. The molecule has 0 aliphatic heterocycles. The summed E-state index contributed by atoms with van der Waals surface area (Å²) in [6.45, 7) is 0. The van der Waals surface area contributed by atoms with Gasteiger partial charge in [0.25, 0.3) is 0 Å². The van der Waals surface area contributed by atoms with Gasteiger partial charge in [-0.3, -0.25) is 5.10 Å². The first-order chi connectivity index (χ1) is 11.2. The summed E-state index contributed by atoms with van der Waals surface area (Å²) in [4.78, 5) is 0. The topological polar surface area (TPSA) is 54.5 Å². The maximum atomic E-state index is 6.64. The normalized spacial score (nSPS) is 11.0. The number of aromatic amines is 1. The molecule has 0 spiro atoms. The Morgan fingerprint density at radius 3 is 2.35 bits per heavy atom. The van der Waals surface area contributed by atoms with Gasteiger partial charge in [0.05, 0.1) is 16.1 Å². The summed E-state index contributed by atoms with van der Waals surface area (Å²) in [5.41, 5.74) is 3.98. The van der Waals surface area contributed by atoms with Crippen LogP contribution in [0.1, 0.15) is 0 Å². The number of benzene rings is 2. The van der Waals surface area contributed by atoms with E-state index >= 15 is 0 Å². The summed E-state index contributed by atoms with van der Waals surface area (Å²) in [5, 5.41) is 17.0. The first kappa shape index (κ1) is 14.6. The molecule has 0 aliphatic rings. The molecule has 1 N–H and O–H groups in total. The Balaban J connectivity index is 1.96. The molecule has 0 saturated carbocycles. The molecule has 4 aromatic rings. The SMILES string of the molecule is Clc1c(-c2ccccc2)nnc2n[nH]c(-c3ccc(I)cc3)c12. The highest BCUT2D eigenvalue weighted by molar-refractivity contribution is 14.1. The van der Waals surface area contributed by atoms with Gasteiger partial charge in [-0.15, -0.1) is 10.2 Å². The van der Waals surface area contributed by atoms with E-state index in [9.17, 15) is 0 Å². The molecule has 6 heteroatoms. The molecule has 0 bridgehead atoms. The molecule has 0 fully saturated rings. The lowest BCUT2D eigenvalue weighted by Gasteiger charge is -2.05. The molecule has 4 rings (SSSR count). The third-order valence-corrected chi connectivity index (χ3v) is 4.69. The van der Waals surface area contributed by atoms with Crippen molar-refractivity contribution in [3.8, 4) is 22.5 Å². The summed E-state index contributed by atoms with van der Waals surface area (Å²) in [7, 11) is 0. The van der Waals surface area contributed by atoms with Crippen LogP contribution >= 0.6 is 34.2 Å². The molecule has 112 valence electrons. The highest BCUT2D eigenvalue weighted by Crippen LogP contribution is 2.36. The van der Waals surface area contributed by atoms with E-state index in [0.717, 1.165) is 22.2 Å². The van der Waals surface area contributed by atoms with Crippen molar-refractivity contribution in [2.45, 2.75) is 0 Å². The Kier molecular flexibility index (Phi) is 3.74. The standard InChI is InChI=1S/C17H10ClIN4/c18-14-13-15(11-6-8-12(19)9-7-11)20-22-17(13)23-21-16(14)10-4-2-1-3-5-10/h1-9H,(H,20,22,23). The molecular formula is C17H10ClIN4. The van der Waals surface area contributed by atoms with Crippen LogP contribution in [0.25, 0.3) is 33.5 Å². The van der Waals surface area contributed by atoms with Crippen LogP contribution in [0.3, 0.4) is 0 Å². The molecule has 0 saturated heterocycles. The van der Waals surface area contributed by atoms with Crippen LogP contribution in [0, 0.1) is 3.57 Å². The van der Waals surface area contributed by atoms with Gasteiger partial charge in [-0.25, -0.2) is 0 Å². The van der Waals surface area contributed by atoms with Crippen molar-refractivity contribution >= 4 is 45.2 Å². The van der Waals surface area contributed by atoms with Crippen molar-refractivity contribution < 1.29 is 0 Å². The number of aromatic nitrogens is 4. The Morgan fingerprint density at radius 2 is 1.61 bits per heavy atom. The molecule has 0 amide bonds. The number of halogens is 2. The molecule has 2 heterocycles. The number of hydrogen-bond donors (Lipinski definition) is 1. The zero-order chi connectivity index (χ0) is 15.8. The first-order valence-corrected chi connectivity index (χ1v) is 8.41. The van der Waals surface area contributed by atoms with E-state index < -0.39 is 0 Å². The second-order valence-electron chi connectivity index (χ2n) is 5.03. The number of nitrogens with zero attached hydrogens (tertiary/aromatic N) is 3. The lowest BCUT2D eigenvalue weighted by atomic mass is 10.1. The molecule has 2 aromatic heterocycles. The molecule has 0 atom stereocenters. The van der Waals surface area contributed by atoms with Gasteiger partial charge in [0.2, 0.25) is 5.65 Å². The second-order valence-corrected chi connectivity index (χ2v) is 6.66. The van der Waals surface area contributed by atoms with Gasteiger partial charge in [0, 0.05) is 14.7 Å². The maximum absolute atomic E-state index is 6.64. The summed E-state index contributed by atoms with van der Waals surface area (Å²) < 4.78 is 1.17. The fourth-order valence-corrected chi connectivity index (χ4v) is 3.16. The zero-order valence-electron chi connectivity index (χ0n) is 11.8. The van der Waals surface area contributed by atoms with E-state index in [1.54, 1.807) is 0 Å². The third kappa shape index (κ3) is 2.60. The van der Waals surface area contributed by atoms with Crippen LogP contribution in [0.2, 0.25) is 5.02 Å². The van der Waals surface area contributed by atoms with Gasteiger partial charge in [-0.2, -0.15) is 5.10 Å². The molecule has 0 radical (unpaired) electrons. The van der Waals surface area contributed by atoms with Crippen LogP contribution in [-0.4, -0.2) is 20.4 Å². The molecule has 4 nitrogen and oxygen atoms in total. The number of fused-ring (bicyclic) bond motifs is 1. The van der Waals surface area contributed by atoms with E-state index in [-0.39, 0.29) is 0 Å². The smallest absolute Gasteiger partial charge is 0.204 e. The van der Waals surface area contributed by atoms with Crippen molar-refractivity contribution in [2.75, 3.05) is 0 Å². The number of nitrogens with one attached hydrogen (secondary N) is 1. The lowest BCUT2D eigenvalue weighted by Crippen LogP contribution is -1.91.